The molecule has 7 heteroatoms. The number of nitrogens with zero attached hydrogens (tertiary/aromatic N) is 6. The molecule has 1 aliphatic heterocycles. The summed E-state index contributed by atoms with van der Waals surface area (Å²) in [5.41, 5.74) is 3.02. The van der Waals surface area contributed by atoms with E-state index >= 15 is 0 Å². The van der Waals surface area contributed by atoms with Crippen LogP contribution in [0.4, 0.5) is 0 Å². The molecule has 1 aliphatic carbocycles. The standard InChI is InChI=1S/C19H24N6O/c1-13-12-16(26-23-13)8-11-24-9-6-15(7-10-24)19-21-20-18-5-4-17(14-2-3-14)22-25(18)19/h4-5,12,14-15H,2-3,6-11H2,1H3. The Labute approximate surface area is 152 Å². The van der Waals surface area contributed by atoms with Crippen molar-refractivity contribution in [1.29, 1.82) is 0 Å². The van der Waals surface area contributed by atoms with Crippen molar-refractivity contribution >= 4 is 5.65 Å². The van der Waals surface area contributed by atoms with Crippen molar-refractivity contribution < 1.29 is 4.52 Å². The first-order valence-corrected chi connectivity index (χ1v) is 9.63. The minimum atomic E-state index is 0.440. The number of hydrogen-bond donors (Lipinski definition) is 0. The van der Waals surface area contributed by atoms with Crippen molar-refractivity contribution in [3.05, 3.63) is 41.2 Å². The molecule has 0 bridgehead atoms. The average Bonchev–Trinajstić information content (AvgIpc) is 3.31. The fraction of sp³-hybridized carbons (Fsp3) is 0.579. The Morgan fingerprint density at radius 2 is 1.92 bits per heavy atom. The topological polar surface area (TPSA) is 72.4 Å². The second kappa shape index (κ2) is 6.46. The molecule has 0 aromatic carbocycles. The molecule has 1 saturated heterocycles. The smallest absolute Gasteiger partial charge is 0.177 e. The lowest BCUT2D eigenvalue weighted by molar-refractivity contribution is 0.205. The van der Waals surface area contributed by atoms with Gasteiger partial charge in [-0.15, -0.1) is 10.2 Å². The van der Waals surface area contributed by atoms with E-state index < -0.39 is 0 Å². The normalized spacial score (nSPS) is 19.4. The number of fused-ring (bicyclic) bond motifs is 1. The molecule has 0 radical (unpaired) electrons. The van der Waals surface area contributed by atoms with Gasteiger partial charge in [-0.1, -0.05) is 5.16 Å². The lowest BCUT2D eigenvalue weighted by atomic mass is 9.96. The highest BCUT2D eigenvalue weighted by atomic mass is 16.5. The van der Waals surface area contributed by atoms with Crippen LogP contribution in [0.2, 0.25) is 0 Å². The molecule has 0 unspecified atom stereocenters. The van der Waals surface area contributed by atoms with Crippen LogP contribution in [0.25, 0.3) is 5.65 Å². The second-order valence-electron chi connectivity index (χ2n) is 7.66. The summed E-state index contributed by atoms with van der Waals surface area (Å²) in [5.74, 6) is 3.10. The van der Waals surface area contributed by atoms with Gasteiger partial charge in [-0.2, -0.15) is 9.61 Å². The van der Waals surface area contributed by atoms with Crippen molar-refractivity contribution in [3.63, 3.8) is 0 Å². The molecule has 0 spiro atoms. The Morgan fingerprint density at radius 1 is 1.08 bits per heavy atom. The summed E-state index contributed by atoms with van der Waals surface area (Å²) >= 11 is 0. The van der Waals surface area contributed by atoms with Crippen molar-refractivity contribution in [2.45, 2.75) is 50.9 Å². The molecule has 3 aromatic heterocycles. The van der Waals surface area contributed by atoms with E-state index in [1.165, 1.54) is 18.5 Å². The predicted octanol–water partition coefficient (Wildman–Crippen LogP) is 2.72. The van der Waals surface area contributed by atoms with Crippen molar-refractivity contribution in [2.24, 2.45) is 0 Å². The largest absolute Gasteiger partial charge is 0.361 e. The lowest BCUT2D eigenvalue weighted by Gasteiger charge is -2.30. The molecule has 3 aromatic rings. The summed E-state index contributed by atoms with van der Waals surface area (Å²) in [5, 5.41) is 17.6. The molecule has 0 N–H and O–H groups in total. The highest BCUT2D eigenvalue weighted by Crippen LogP contribution is 2.39. The van der Waals surface area contributed by atoms with Gasteiger partial charge < -0.3 is 9.42 Å². The zero-order chi connectivity index (χ0) is 17.5. The second-order valence-corrected chi connectivity index (χ2v) is 7.66. The first-order valence-electron chi connectivity index (χ1n) is 9.63. The van der Waals surface area contributed by atoms with Crippen LogP contribution in [0, 0.1) is 6.92 Å². The van der Waals surface area contributed by atoms with Gasteiger partial charge in [-0.05, 0) is 57.8 Å². The van der Waals surface area contributed by atoms with Gasteiger partial charge >= 0.3 is 0 Å². The number of likely N-dealkylation sites (tertiary alicyclic amines) is 1. The fourth-order valence-electron chi connectivity index (χ4n) is 3.89. The molecule has 136 valence electrons. The number of hydrogen-bond acceptors (Lipinski definition) is 6. The third-order valence-electron chi connectivity index (χ3n) is 5.61. The summed E-state index contributed by atoms with van der Waals surface area (Å²) in [6, 6.07) is 6.20. The molecule has 2 fully saturated rings. The fourth-order valence-corrected chi connectivity index (χ4v) is 3.89. The van der Waals surface area contributed by atoms with E-state index in [4.69, 9.17) is 9.62 Å². The maximum Gasteiger partial charge on any atom is 0.177 e. The molecule has 5 rings (SSSR count). The summed E-state index contributed by atoms with van der Waals surface area (Å²) < 4.78 is 7.30. The van der Waals surface area contributed by atoms with Crippen molar-refractivity contribution in [1.82, 2.24) is 29.9 Å². The Hall–Kier alpha value is -2.28. The quantitative estimate of drug-likeness (QED) is 0.703. The number of rotatable bonds is 5. The monoisotopic (exact) mass is 352 g/mol. The molecule has 2 aliphatic rings. The average molecular weight is 352 g/mol. The maximum absolute atomic E-state index is 5.31. The minimum Gasteiger partial charge on any atom is -0.361 e. The van der Waals surface area contributed by atoms with Crippen LogP contribution >= 0.6 is 0 Å². The van der Waals surface area contributed by atoms with Gasteiger partial charge in [-0.3, -0.25) is 0 Å². The summed E-state index contributed by atoms with van der Waals surface area (Å²) in [6.07, 6.45) is 5.65. The van der Waals surface area contributed by atoms with E-state index in [2.05, 4.69) is 32.4 Å². The van der Waals surface area contributed by atoms with Crippen molar-refractivity contribution in [3.8, 4) is 0 Å². The predicted molar refractivity (Wildman–Crippen MR) is 96.1 cm³/mol. The van der Waals surface area contributed by atoms with Gasteiger partial charge in [0, 0.05) is 30.9 Å². The highest BCUT2D eigenvalue weighted by Gasteiger charge is 2.28. The van der Waals surface area contributed by atoms with Gasteiger partial charge in [-0.25, -0.2) is 0 Å². The van der Waals surface area contributed by atoms with Crippen LogP contribution < -0.4 is 0 Å². The number of aryl methyl sites for hydroxylation is 1. The Kier molecular flexibility index (Phi) is 3.96. The van der Waals surface area contributed by atoms with E-state index in [1.54, 1.807) is 0 Å². The van der Waals surface area contributed by atoms with Gasteiger partial charge in [0.1, 0.15) is 5.76 Å². The molecule has 0 atom stereocenters. The van der Waals surface area contributed by atoms with E-state index in [0.29, 0.717) is 11.8 Å². The van der Waals surface area contributed by atoms with E-state index in [0.717, 1.165) is 61.8 Å². The van der Waals surface area contributed by atoms with Crippen LogP contribution in [0.1, 0.15) is 60.5 Å². The highest BCUT2D eigenvalue weighted by molar-refractivity contribution is 5.38. The van der Waals surface area contributed by atoms with E-state index in [9.17, 15) is 0 Å². The van der Waals surface area contributed by atoms with Gasteiger partial charge in [0.2, 0.25) is 0 Å². The van der Waals surface area contributed by atoms with Crippen LogP contribution in [0.15, 0.2) is 22.7 Å². The number of aromatic nitrogens is 5. The van der Waals surface area contributed by atoms with Gasteiger partial charge in [0.05, 0.1) is 11.4 Å². The first kappa shape index (κ1) is 15.9. The van der Waals surface area contributed by atoms with Crippen LogP contribution in [0.3, 0.4) is 0 Å². The summed E-state index contributed by atoms with van der Waals surface area (Å²) in [7, 11) is 0. The Morgan fingerprint density at radius 3 is 2.65 bits per heavy atom. The zero-order valence-electron chi connectivity index (χ0n) is 15.1. The number of piperidine rings is 1. The molecular weight excluding hydrogens is 328 g/mol. The van der Waals surface area contributed by atoms with Crippen LogP contribution in [0.5, 0.6) is 0 Å². The maximum atomic E-state index is 5.31. The van der Waals surface area contributed by atoms with Crippen LogP contribution in [-0.2, 0) is 6.42 Å². The van der Waals surface area contributed by atoms with Gasteiger partial charge in [0.25, 0.3) is 0 Å². The first-order chi connectivity index (χ1) is 12.8. The lowest BCUT2D eigenvalue weighted by Crippen LogP contribution is -2.35. The summed E-state index contributed by atoms with van der Waals surface area (Å²) in [6.45, 7) is 5.14. The molecule has 1 saturated carbocycles. The summed E-state index contributed by atoms with van der Waals surface area (Å²) in [4.78, 5) is 2.50. The molecular formula is C19H24N6O. The Balaban J connectivity index is 1.23. The van der Waals surface area contributed by atoms with E-state index in [-0.39, 0.29) is 0 Å². The molecule has 26 heavy (non-hydrogen) atoms. The zero-order valence-corrected chi connectivity index (χ0v) is 15.1. The third-order valence-corrected chi connectivity index (χ3v) is 5.61. The van der Waals surface area contributed by atoms with Crippen LogP contribution in [-0.4, -0.2) is 49.5 Å². The SMILES string of the molecule is Cc1cc(CCN2CCC(c3nnc4ccc(C5CC5)nn34)CC2)on1. The molecule has 4 heterocycles. The van der Waals surface area contributed by atoms with Crippen molar-refractivity contribution in [2.75, 3.05) is 19.6 Å². The Bertz CT molecular complexity index is 904. The molecule has 7 nitrogen and oxygen atoms in total. The molecule has 0 amide bonds. The third kappa shape index (κ3) is 3.11. The van der Waals surface area contributed by atoms with E-state index in [1.807, 2.05) is 17.5 Å². The minimum absolute atomic E-state index is 0.440. The van der Waals surface area contributed by atoms with Gasteiger partial charge in [0.15, 0.2) is 11.5 Å².